The predicted octanol–water partition coefficient (Wildman–Crippen LogP) is -1.21. The molecule has 1 fully saturated rings. The zero-order chi connectivity index (χ0) is 8.36. The minimum atomic E-state index is 0.944. The quantitative estimate of drug-likeness (QED) is 0.350. The van der Waals surface area contributed by atoms with E-state index < -0.39 is 0 Å². The van der Waals surface area contributed by atoms with Gasteiger partial charge in [0.1, 0.15) is 0 Å². The molecule has 1 rings (SSSR count). The van der Waals surface area contributed by atoms with Crippen molar-refractivity contribution in [2.75, 3.05) is 26.3 Å². The maximum Gasteiger partial charge on any atom is 0.0993 e. The third-order valence-electron chi connectivity index (χ3n) is 1.03. The first-order valence-corrected chi connectivity index (χ1v) is 3.29. The highest BCUT2D eigenvalue weighted by molar-refractivity contribution is 5.46. The van der Waals surface area contributed by atoms with Gasteiger partial charge in [-0.25, -0.2) is 0 Å². The SMILES string of the molecule is C1COCC[NH2+]1.N#CN=C=[N-]. The first kappa shape index (κ1) is 9.79. The molecule has 1 saturated heterocycles. The van der Waals surface area contributed by atoms with E-state index >= 15 is 0 Å². The number of hydrogen-bond acceptors (Lipinski definition) is 3. The van der Waals surface area contributed by atoms with Crippen molar-refractivity contribution in [3.63, 3.8) is 0 Å². The Labute approximate surface area is 65.2 Å². The minimum absolute atomic E-state index is 0.944. The molecule has 0 amide bonds. The molecule has 60 valence electrons. The Morgan fingerprint density at radius 1 is 1.45 bits per heavy atom. The van der Waals surface area contributed by atoms with E-state index in [2.05, 4.69) is 10.3 Å². The third-order valence-corrected chi connectivity index (χ3v) is 1.03. The van der Waals surface area contributed by atoms with Crippen molar-refractivity contribution in [3.8, 4) is 6.19 Å². The number of morpholine rings is 1. The second-order valence-corrected chi connectivity index (χ2v) is 1.79. The molecular weight excluding hydrogens is 144 g/mol. The summed E-state index contributed by atoms with van der Waals surface area (Å²) in [5.41, 5.74) is 0. The molecule has 0 spiro atoms. The Hall–Kier alpha value is -1.21. The molecule has 1 heterocycles. The molecule has 0 radical (unpaired) electrons. The highest BCUT2D eigenvalue weighted by Crippen LogP contribution is 1.69. The van der Waals surface area contributed by atoms with Crippen molar-refractivity contribution in [2.45, 2.75) is 0 Å². The first-order valence-electron chi connectivity index (χ1n) is 3.29. The lowest BCUT2D eigenvalue weighted by molar-refractivity contribution is -0.670. The van der Waals surface area contributed by atoms with Gasteiger partial charge in [0.05, 0.1) is 32.5 Å². The summed E-state index contributed by atoms with van der Waals surface area (Å²) in [6.07, 6.45) is 1.28. The molecule has 11 heavy (non-hydrogen) atoms. The average molecular weight is 154 g/mol. The molecule has 1 aliphatic rings. The van der Waals surface area contributed by atoms with Crippen molar-refractivity contribution >= 4 is 6.01 Å². The van der Waals surface area contributed by atoms with E-state index in [0.717, 1.165) is 26.3 Å². The molecule has 0 aromatic heterocycles. The lowest BCUT2D eigenvalue weighted by Crippen LogP contribution is -2.87. The molecule has 0 bridgehead atoms. The van der Waals surface area contributed by atoms with Crippen molar-refractivity contribution in [1.82, 2.24) is 0 Å². The van der Waals surface area contributed by atoms with Gasteiger partial charge in [0.2, 0.25) is 0 Å². The number of nitriles is 1. The van der Waals surface area contributed by atoms with Gasteiger partial charge in [-0.05, 0) is 0 Å². The number of aliphatic imine (C=N–C) groups is 1. The van der Waals surface area contributed by atoms with E-state index in [9.17, 15) is 0 Å². The van der Waals surface area contributed by atoms with Gasteiger partial charge in [-0.3, -0.25) is 0 Å². The molecule has 0 saturated carbocycles. The lowest BCUT2D eigenvalue weighted by atomic mass is 10.5. The highest BCUT2D eigenvalue weighted by atomic mass is 16.5. The zero-order valence-corrected chi connectivity index (χ0v) is 6.16. The van der Waals surface area contributed by atoms with E-state index in [-0.39, 0.29) is 0 Å². The van der Waals surface area contributed by atoms with E-state index in [0.29, 0.717) is 0 Å². The highest BCUT2D eigenvalue weighted by Gasteiger charge is 1.96. The number of ether oxygens (including phenoxy) is 1. The summed E-state index contributed by atoms with van der Waals surface area (Å²) in [5, 5.41) is 17.1. The number of hydrogen-bond donors (Lipinski definition) is 1. The van der Waals surface area contributed by atoms with Crippen LogP contribution in [0.15, 0.2) is 4.99 Å². The summed E-state index contributed by atoms with van der Waals surface area (Å²) in [5.74, 6) is 0. The molecule has 0 aromatic carbocycles. The van der Waals surface area contributed by atoms with Crippen LogP contribution in [0.2, 0.25) is 0 Å². The second-order valence-electron chi connectivity index (χ2n) is 1.79. The van der Waals surface area contributed by atoms with E-state index in [1.54, 1.807) is 0 Å². The largest absolute Gasteiger partial charge is 0.422 e. The summed E-state index contributed by atoms with van der Waals surface area (Å²) < 4.78 is 5.04. The van der Waals surface area contributed by atoms with Crippen molar-refractivity contribution in [2.24, 2.45) is 4.99 Å². The predicted molar refractivity (Wildman–Crippen MR) is 38.9 cm³/mol. The van der Waals surface area contributed by atoms with Crippen LogP contribution in [-0.4, -0.2) is 32.3 Å². The van der Waals surface area contributed by atoms with Crippen LogP contribution < -0.4 is 5.32 Å². The Kier molecular flexibility index (Phi) is 7.82. The van der Waals surface area contributed by atoms with E-state index in [4.69, 9.17) is 15.4 Å². The molecule has 5 heteroatoms. The smallest absolute Gasteiger partial charge is 0.0993 e. The van der Waals surface area contributed by atoms with Crippen molar-refractivity contribution < 1.29 is 10.1 Å². The maximum absolute atomic E-state index is 7.43. The Bertz CT molecular complexity index is 152. The normalized spacial score (nSPS) is 14.8. The van der Waals surface area contributed by atoms with Gasteiger partial charge in [-0.15, -0.1) is 6.01 Å². The van der Waals surface area contributed by atoms with Gasteiger partial charge in [0.15, 0.2) is 0 Å². The van der Waals surface area contributed by atoms with Crippen LogP contribution in [0.3, 0.4) is 0 Å². The molecule has 5 nitrogen and oxygen atoms in total. The molecule has 0 unspecified atom stereocenters. The van der Waals surface area contributed by atoms with Crippen LogP contribution in [0.25, 0.3) is 5.41 Å². The van der Waals surface area contributed by atoms with Gasteiger partial charge >= 0.3 is 0 Å². The Balaban J connectivity index is 0.000000187. The van der Waals surface area contributed by atoms with Crippen molar-refractivity contribution in [3.05, 3.63) is 5.41 Å². The number of rotatable bonds is 0. The monoisotopic (exact) mass is 154 g/mol. The van der Waals surface area contributed by atoms with Gasteiger partial charge in [0, 0.05) is 0 Å². The fourth-order valence-corrected chi connectivity index (χ4v) is 0.602. The number of nitrogens with zero attached hydrogens (tertiary/aromatic N) is 3. The summed E-state index contributed by atoms with van der Waals surface area (Å²) in [4.78, 5) is 2.58. The summed E-state index contributed by atoms with van der Waals surface area (Å²) >= 11 is 0. The average Bonchev–Trinajstić information content (AvgIpc) is 2.10. The second kappa shape index (κ2) is 8.79. The minimum Gasteiger partial charge on any atom is -0.422 e. The fraction of sp³-hybridized carbons (Fsp3) is 0.667. The molecule has 0 aliphatic carbocycles. The van der Waals surface area contributed by atoms with E-state index in [1.807, 2.05) is 0 Å². The molecule has 1 aliphatic heterocycles. The zero-order valence-electron chi connectivity index (χ0n) is 6.16. The first-order chi connectivity index (χ1) is 5.41. The molecule has 2 N–H and O–H groups in total. The van der Waals surface area contributed by atoms with E-state index in [1.165, 1.54) is 12.2 Å². The van der Waals surface area contributed by atoms with Crippen LogP contribution in [0.5, 0.6) is 0 Å². The molecular formula is C6H10N4O. The molecule has 0 aromatic rings. The van der Waals surface area contributed by atoms with Gasteiger partial charge < -0.3 is 20.5 Å². The number of quaternary nitrogens is 1. The van der Waals surface area contributed by atoms with Gasteiger partial charge in [-0.1, -0.05) is 0 Å². The maximum atomic E-state index is 7.43. The van der Waals surface area contributed by atoms with Crippen LogP contribution in [-0.2, 0) is 4.74 Å². The number of nitrogens with two attached hydrogens (primary N) is 1. The lowest BCUT2D eigenvalue weighted by Gasteiger charge is -2.07. The van der Waals surface area contributed by atoms with Crippen LogP contribution in [0.1, 0.15) is 0 Å². The summed E-state index contributed by atoms with van der Waals surface area (Å²) in [6, 6.07) is 1.28. The van der Waals surface area contributed by atoms with Gasteiger partial charge in [-0.2, -0.15) is 5.26 Å². The standard InChI is InChI=1S/C4H9NO.C2N3/c1-3-6-4-2-5-1;3-1-5-2-4/h5H,1-4H2;/q;-1/p+1. The van der Waals surface area contributed by atoms with Crippen LogP contribution in [0, 0.1) is 11.5 Å². The molecule has 0 atom stereocenters. The van der Waals surface area contributed by atoms with Crippen LogP contribution >= 0.6 is 0 Å². The topological polar surface area (TPSA) is 84.3 Å². The third kappa shape index (κ3) is 8.79. The Morgan fingerprint density at radius 3 is 2.18 bits per heavy atom. The summed E-state index contributed by atoms with van der Waals surface area (Å²) in [6.45, 7) is 4.19. The summed E-state index contributed by atoms with van der Waals surface area (Å²) in [7, 11) is 0. The van der Waals surface area contributed by atoms with Crippen LogP contribution in [0.4, 0.5) is 0 Å². The Morgan fingerprint density at radius 2 is 2.09 bits per heavy atom. The fourth-order valence-electron chi connectivity index (χ4n) is 0.602. The van der Waals surface area contributed by atoms with Crippen molar-refractivity contribution in [1.29, 1.82) is 5.26 Å². The van der Waals surface area contributed by atoms with Gasteiger partial charge in [0.25, 0.3) is 0 Å².